The molecule has 0 atom stereocenters. The number of aromatic nitrogens is 2. The fraction of sp³-hybridized carbons (Fsp3) is 0.462. The number of amides is 3. The van der Waals surface area contributed by atoms with Crippen LogP contribution in [0.1, 0.15) is 10.5 Å². The Morgan fingerprint density at radius 3 is 2.64 bits per heavy atom. The van der Waals surface area contributed by atoms with E-state index in [9.17, 15) is 19.2 Å². The van der Waals surface area contributed by atoms with Gasteiger partial charge >= 0.3 is 6.09 Å². The highest BCUT2D eigenvalue weighted by molar-refractivity contribution is 5.98. The smallest absolute Gasteiger partial charge is 0.417 e. The summed E-state index contributed by atoms with van der Waals surface area (Å²) in [6.45, 7) is 0.902. The summed E-state index contributed by atoms with van der Waals surface area (Å²) in [6.07, 6.45) is -0.630. The van der Waals surface area contributed by atoms with E-state index in [1.165, 1.54) is 19.2 Å². The zero-order valence-electron chi connectivity index (χ0n) is 11.9. The highest BCUT2D eigenvalue weighted by atomic mass is 16.6. The minimum absolute atomic E-state index is 0.0334. The van der Waals surface area contributed by atoms with Crippen LogP contribution < -0.4 is 5.56 Å². The fourth-order valence-corrected chi connectivity index (χ4v) is 2.45. The van der Waals surface area contributed by atoms with E-state index in [4.69, 9.17) is 0 Å². The van der Waals surface area contributed by atoms with Crippen molar-refractivity contribution in [1.29, 1.82) is 0 Å². The molecule has 0 spiro atoms. The van der Waals surface area contributed by atoms with Crippen LogP contribution in [-0.2, 0) is 16.6 Å². The van der Waals surface area contributed by atoms with Crippen LogP contribution in [0, 0.1) is 5.92 Å². The van der Waals surface area contributed by atoms with Gasteiger partial charge in [0.05, 0.1) is 0 Å². The van der Waals surface area contributed by atoms with Gasteiger partial charge in [0, 0.05) is 38.7 Å². The number of likely N-dealkylation sites (tertiary alicyclic amines) is 1. The second-order valence-electron chi connectivity index (χ2n) is 5.32. The molecule has 1 aromatic heterocycles. The first kappa shape index (κ1) is 14.2. The Bertz CT molecular complexity index is 691. The molecule has 2 saturated heterocycles. The zero-order valence-corrected chi connectivity index (χ0v) is 11.9. The maximum atomic E-state index is 12.2. The molecule has 0 N–H and O–H groups in total. The van der Waals surface area contributed by atoms with Crippen molar-refractivity contribution < 1.29 is 19.1 Å². The largest absolute Gasteiger partial charge is 0.439 e. The SMILES string of the molecule is Cn1nc(C(=O)N2CC(CN3C(=O)COC3=O)C2)ccc1=O. The molecule has 3 amide bonds. The maximum Gasteiger partial charge on any atom is 0.417 e. The van der Waals surface area contributed by atoms with Gasteiger partial charge in [-0.2, -0.15) is 5.10 Å². The number of ether oxygens (including phenoxy) is 1. The van der Waals surface area contributed by atoms with E-state index >= 15 is 0 Å². The summed E-state index contributed by atoms with van der Waals surface area (Å²) in [5, 5.41) is 3.90. The maximum absolute atomic E-state index is 12.2. The molecule has 0 bridgehead atoms. The van der Waals surface area contributed by atoms with Gasteiger partial charge in [-0.3, -0.25) is 14.4 Å². The van der Waals surface area contributed by atoms with E-state index < -0.39 is 6.09 Å². The number of hydrogen-bond acceptors (Lipinski definition) is 6. The second-order valence-corrected chi connectivity index (χ2v) is 5.32. The van der Waals surface area contributed by atoms with E-state index in [0.717, 1.165) is 9.58 Å². The van der Waals surface area contributed by atoms with Crippen LogP contribution in [0.2, 0.25) is 0 Å². The molecule has 2 fully saturated rings. The first-order valence-corrected chi connectivity index (χ1v) is 6.76. The van der Waals surface area contributed by atoms with Crippen molar-refractivity contribution in [3.63, 3.8) is 0 Å². The minimum atomic E-state index is -0.630. The average Bonchev–Trinajstić information content (AvgIpc) is 2.75. The first-order valence-electron chi connectivity index (χ1n) is 6.76. The van der Waals surface area contributed by atoms with Gasteiger partial charge in [-0.05, 0) is 6.07 Å². The summed E-state index contributed by atoms with van der Waals surface area (Å²) in [6, 6.07) is 2.68. The molecule has 2 aliphatic heterocycles. The molecule has 0 aliphatic carbocycles. The monoisotopic (exact) mass is 306 g/mol. The number of nitrogens with zero attached hydrogens (tertiary/aromatic N) is 4. The van der Waals surface area contributed by atoms with Gasteiger partial charge < -0.3 is 9.64 Å². The zero-order chi connectivity index (χ0) is 15.9. The van der Waals surface area contributed by atoms with Gasteiger partial charge in [-0.15, -0.1) is 0 Å². The standard InChI is InChI=1S/C13H14N4O5/c1-15-10(18)3-2-9(14-15)12(20)16-4-8(5-16)6-17-11(19)7-22-13(17)21/h2-3,8H,4-7H2,1H3. The van der Waals surface area contributed by atoms with E-state index in [1.54, 1.807) is 4.90 Å². The van der Waals surface area contributed by atoms with E-state index in [0.29, 0.717) is 13.1 Å². The molecular formula is C13H14N4O5. The molecule has 22 heavy (non-hydrogen) atoms. The molecule has 9 nitrogen and oxygen atoms in total. The molecular weight excluding hydrogens is 292 g/mol. The number of hydrogen-bond donors (Lipinski definition) is 0. The summed E-state index contributed by atoms with van der Waals surface area (Å²) >= 11 is 0. The first-order chi connectivity index (χ1) is 10.5. The van der Waals surface area contributed by atoms with E-state index in [-0.39, 0.29) is 42.1 Å². The lowest BCUT2D eigenvalue weighted by molar-refractivity contribution is -0.126. The Hall–Kier alpha value is -2.71. The third-order valence-electron chi connectivity index (χ3n) is 3.71. The highest BCUT2D eigenvalue weighted by Gasteiger charge is 2.38. The van der Waals surface area contributed by atoms with Crippen LogP contribution in [0.25, 0.3) is 0 Å². The van der Waals surface area contributed by atoms with Crippen LogP contribution >= 0.6 is 0 Å². The average molecular weight is 306 g/mol. The summed E-state index contributed by atoms with van der Waals surface area (Å²) in [5.74, 6) is -0.595. The number of cyclic esters (lactones) is 1. The summed E-state index contributed by atoms with van der Waals surface area (Å²) in [5.41, 5.74) is -0.0960. The molecule has 9 heteroatoms. The summed E-state index contributed by atoms with van der Waals surface area (Å²) in [4.78, 5) is 48.8. The second kappa shape index (κ2) is 5.24. The topological polar surface area (TPSA) is 102 Å². The number of carbonyl (C=O) groups excluding carboxylic acids is 3. The van der Waals surface area contributed by atoms with Gasteiger partial charge in [0.15, 0.2) is 6.61 Å². The minimum Gasteiger partial charge on any atom is -0.439 e. The Balaban J connectivity index is 1.57. The van der Waals surface area contributed by atoms with Gasteiger partial charge in [0.1, 0.15) is 5.69 Å². The van der Waals surface area contributed by atoms with Crippen molar-refractivity contribution >= 4 is 17.9 Å². The van der Waals surface area contributed by atoms with Crippen molar-refractivity contribution in [3.8, 4) is 0 Å². The molecule has 0 radical (unpaired) electrons. The molecule has 3 rings (SSSR count). The van der Waals surface area contributed by atoms with Crippen molar-refractivity contribution in [3.05, 3.63) is 28.2 Å². The number of rotatable bonds is 3. The number of aryl methyl sites for hydroxylation is 1. The highest BCUT2D eigenvalue weighted by Crippen LogP contribution is 2.20. The summed E-state index contributed by atoms with van der Waals surface area (Å²) in [7, 11) is 1.47. The Morgan fingerprint density at radius 2 is 2.05 bits per heavy atom. The molecule has 0 unspecified atom stereocenters. The lowest BCUT2D eigenvalue weighted by atomic mass is 9.99. The van der Waals surface area contributed by atoms with Gasteiger partial charge in [0.25, 0.3) is 17.4 Å². The quantitative estimate of drug-likeness (QED) is 0.697. The van der Waals surface area contributed by atoms with Crippen LogP contribution in [0.5, 0.6) is 0 Å². The van der Waals surface area contributed by atoms with Crippen LogP contribution in [0.4, 0.5) is 4.79 Å². The number of carbonyl (C=O) groups is 3. The summed E-state index contributed by atoms with van der Waals surface area (Å²) < 4.78 is 5.73. The molecule has 1 aromatic rings. The van der Waals surface area contributed by atoms with Gasteiger partial charge in [-0.1, -0.05) is 0 Å². The van der Waals surface area contributed by atoms with Crippen molar-refractivity contribution in [2.24, 2.45) is 13.0 Å². The normalized spacial score (nSPS) is 18.4. The Kier molecular flexibility index (Phi) is 3.39. The van der Waals surface area contributed by atoms with Crippen LogP contribution in [-0.4, -0.2) is 63.7 Å². The number of imide groups is 1. The van der Waals surface area contributed by atoms with Gasteiger partial charge in [0.2, 0.25) is 0 Å². The third-order valence-corrected chi connectivity index (χ3v) is 3.71. The van der Waals surface area contributed by atoms with Crippen LogP contribution in [0.15, 0.2) is 16.9 Å². The van der Waals surface area contributed by atoms with Crippen molar-refractivity contribution in [1.82, 2.24) is 19.6 Å². The lowest BCUT2D eigenvalue weighted by Gasteiger charge is -2.39. The molecule has 116 valence electrons. The molecule has 0 aromatic carbocycles. The van der Waals surface area contributed by atoms with Crippen molar-refractivity contribution in [2.45, 2.75) is 0 Å². The van der Waals surface area contributed by atoms with Gasteiger partial charge in [-0.25, -0.2) is 14.4 Å². The Labute approximate surface area is 125 Å². The van der Waals surface area contributed by atoms with Crippen molar-refractivity contribution in [2.75, 3.05) is 26.2 Å². The van der Waals surface area contributed by atoms with E-state index in [2.05, 4.69) is 9.84 Å². The fourth-order valence-electron chi connectivity index (χ4n) is 2.45. The Morgan fingerprint density at radius 1 is 1.32 bits per heavy atom. The van der Waals surface area contributed by atoms with E-state index in [1.807, 2.05) is 0 Å². The molecule has 0 saturated carbocycles. The predicted molar refractivity (Wildman–Crippen MR) is 71.9 cm³/mol. The van der Waals surface area contributed by atoms with Crippen LogP contribution in [0.3, 0.4) is 0 Å². The molecule has 2 aliphatic rings. The third kappa shape index (κ3) is 2.45. The molecule has 3 heterocycles. The predicted octanol–water partition coefficient (Wildman–Crippen LogP) is -1.17. The lowest BCUT2D eigenvalue weighted by Crippen LogP contribution is -2.54.